The van der Waals surface area contributed by atoms with Crippen molar-refractivity contribution in [3.05, 3.63) is 58.8 Å². The van der Waals surface area contributed by atoms with E-state index in [2.05, 4.69) is 20.5 Å². The smallest absolute Gasteiger partial charge is 0.139 e. The average Bonchev–Trinajstić information content (AvgIpc) is 3.29. The first-order valence-electron chi connectivity index (χ1n) is 8.84. The first-order valence-corrected chi connectivity index (χ1v) is 9.64. The Morgan fingerprint density at radius 1 is 1.22 bits per heavy atom. The molecule has 144 valence electrons. The van der Waals surface area contributed by atoms with Crippen molar-refractivity contribution in [1.82, 2.24) is 9.55 Å². The van der Waals surface area contributed by atoms with E-state index in [-0.39, 0.29) is 25.1 Å². The largest absolute Gasteiger partial charge is 0.490 e. The van der Waals surface area contributed by atoms with Gasteiger partial charge in [0.05, 0.1) is 22.1 Å². The molecule has 1 aromatic heterocycles. The van der Waals surface area contributed by atoms with Gasteiger partial charge in [-0.3, -0.25) is 0 Å². The van der Waals surface area contributed by atoms with Crippen molar-refractivity contribution in [3.8, 4) is 5.75 Å². The van der Waals surface area contributed by atoms with Crippen molar-refractivity contribution in [2.75, 3.05) is 13.2 Å². The topological polar surface area (TPSA) is 56.5 Å². The summed E-state index contributed by atoms with van der Waals surface area (Å²) in [6.07, 6.45) is 1.35. The maximum absolute atomic E-state index is 10.6. The minimum Gasteiger partial charge on any atom is -0.490 e. The number of aromatic nitrogens is 2. The Morgan fingerprint density at radius 2 is 2.00 bits per heavy atom. The van der Waals surface area contributed by atoms with Crippen LogP contribution in [0.2, 0.25) is 0 Å². The molecule has 1 fully saturated rings. The zero-order chi connectivity index (χ0) is 17.9. The number of nitrogens with zero attached hydrogens (tertiary/aromatic N) is 2. The minimum atomic E-state index is -0.653. The average molecular weight is 454 g/mol. The molecule has 0 aliphatic carbocycles. The highest BCUT2D eigenvalue weighted by Gasteiger charge is 2.25. The second kappa shape index (κ2) is 9.06. The van der Waals surface area contributed by atoms with E-state index in [1.54, 1.807) is 0 Å². The van der Waals surface area contributed by atoms with Crippen LogP contribution < -0.4 is 4.74 Å². The van der Waals surface area contributed by atoms with Gasteiger partial charge >= 0.3 is 0 Å². The van der Waals surface area contributed by atoms with Crippen molar-refractivity contribution in [3.63, 3.8) is 0 Å². The molecule has 0 radical (unpaired) electrons. The summed E-state index contributed by atoms with van der Waals surface area (Å²) < 4.78 is 14.5. The van der Waals surface area contributed by atoms with Gasteiger partial charge in [0.1, 0.15) is 30.4 Å². The van der Waals surface area contributed by atoms with Crippen molar-refractivity contribution in [2.45, 2.75) is 31.6 Å². The van der Waals surface area contributed by atoms with E-state index >= 15 is 0 Å². The van der Waals surface area contributed by atoms with Crippen LogP contribution in [-0.2, 0) is 11.3 Å². The van der Waals surface area contributed by atoms with Gasteiger partial charge in [0.25, 0.3) is 0 Å². The van der Waals surface area contributed by atoms with Gasteiger partial charge in [-0.15, -0.1) is 12.4 Å². The van der Waals surface area contributed by atoms with E-state index in [9.17, 15) is 5.11 Å². The maximum Gasteiger partial charge on any atom is 0.139 e. The first kappa shape index (κ1) is 20.1. The maximum atomic E-state index is 10.6. The van der Waals surface area contributed by atoms with Gasteiger partial charge in [-0.2, -0.15) is 0 Å². The number of aliphatic hydroxyl groups is 1. The summed E-state index contributed by atoms with van der Waals surface area (Å²) in [5.74, 6) is 1.62. The standard InChI is InChI=1S/C20H21BrN2O3.ClH/c21-15-6-1-4-9-18(15)26-13-14(24)12-23-17-8-3-2-7-16(17)22-20(23)19-10-5-11-25-19;/h1-4,6-9,14,19,24H,5,10-13H2;1H. The fraction of sp³-hybridized carbons (Fsp3) is 0.350. The lowest BCUT2D eigenvalue weighted by molar-refractivity contribution is 0.0803. The normalized spacial score (nSPS) is 17.6. The van der Waals surface area contributed by atoms with E-state index in [4.69, 9.17) is 14.5 Å². The molecule has 2 heterocycles. The molecular weight excluding hydrogens is 432 g/mol. The Hall–Kier alpha value is -1.60. The Morgan fingerprint density at radius 3 is 2.78 bits per heavy atom. The second-order valence-electron chi connectivity index (χ2n) is 6.47. The summed E-state index contributed by atoms with van der Waals surface area (Å²) >= 11 is 3.46. The molecule has 0 bridgehead atoms. The molecule has 0 amide bonds. The summed E-state index contributed by atoms with van der Waals surface area (Å²) in [7, 11) is 0. The van der Waals surface area contributed by atoms with E-state index in [1.807, 2.05) is 48.5 Å². The van der Waals surface area contributed by atoms with Gasteiger partial charge in [0.2, 0.25) is 0 Å². The predicted molar refractivity (Wildman–Crippen MR) is 111 cm³/mol. The fourth-order valence-corrected chi connectivity index (χ4v) is 3.72. The molecule has 7 heteroatoms. The summed E-state index contributed by atoms with van der Waals surface area (Å²) in [5, 5.41) is 10.6. The number of halogens is 2. The van der Waals surface area contributed by atoms with Gasteiger partial charge in [-0.05, 0) is 53.0 Å². The van der Waals surface area contributed by atoms with Crippen molar-refractivity contribution in [1.29, 1.82) is 0 Å². The van der Waals surface area contributed by atoms with Crippen LogP contribution in [0.5, 0.6) is 5.75 Å². The third-order valence-corrected chi connectivity index (χ3v) is 5.22. The Balaban J connectivity index is 0.00000210. The monoisotopic (exact) mass is 452 g/mol. The van der Waals surface area contributed by atoms with Crippen LogP contribution in [0.1, 0.15) is 24.8 Å². The van der Waals surface area contributed by atoms with Gasteiger partial charge in [-0.25, -0.2) is 4.98 Å². The molecule has 0 saturated carbocycles. The summed E-state index contributed by atoms with van der Waals surface area (Å²) in [5.41, 5.74) is 1.94. The van der Waals surface area contributed by atoms with E-state index in [0.29, 0.717) is 6.54 Å². The highest BCUT2D eigenvalue weighted by atomic mass is 79.9. The summed E-state index contributed by atoms with van der Waals surface area (Å²) in [6.45, 7) is 1.39. The Kier molecular flexibility index (Phi) is 6.76. The number of hydrogen-bond donors (Lipinski definition) is 1. The molecule has 1 aliphatic heterocycles. The summed E-state index contributed by atoms with van der Waals surface area (Å²) in [4.78, 5) is 4.76. The molecule has 5 nitrogen and oxygen atoms in total. The third-order valence-electron chi connectivity index (χ3n) is 4.56. The lowest BCUT2D eigenvalue weighted by Gasteiger charge is -2.18. The number of fused-ring (bicyclic) bond motifs is 1. The lowest BCUT2D eigenvalue weighted by Crippen LogP contribution is -2.25. The molecule has 4 rings (SSSR count). The van der Waals surface area contributed by atoms with Crippen LogP contribution in [0.15, 0.2) is 53.0 Å². The molecule has 1 saturated heterocycles. The SMILES string of the molecule is Cl.OC(COc1ccccc1Br)Cn1c(C2CCCO2)nc2ccccc21. The van der Waals surface area contributed by atoms with Gasteiger partial charge in [-0.1, -0.05) is 24.3 Å². The molecular formula is C20H22BrClN2O3. The molecule has 2 aromatic carbocycles. The van der Waals surface area contributed by atoms with Crippen molar-refractivity contribution < 1.29 is 14.6 Å². The molecule has 2 unspecified atom stereocenters. The van der Waals surface area contributed by atoms with Crippen LogP contribution in [0.3, 0.4) is 0 Å². The van der Waals surface area contributed by atoms with E-state index in [1.165, 1.54) is 0 Å². The number of ether oxygens (including phenoxy) is 2. The molecule has 2 atom stereocenters. The number of rotatable bonds is 6. The minimum absolute atomic E-state index is 0. The first-order chi connectivity index (χ1) is 12.7. The molecule has 1 N–H and O–H groups in total. The number of benzene rings is 2. The van der Waals surface area contributed by atoms with E-state index in [0.717, 1.165) is 46.5 Å². The highest BCUT2D eigenvalue weighted by Crippen LogP contribution is 2.31. The number of para-hydroxylation sites is 3. The molecule has 0 spiro atoms. The van der Waals surface area contributed by atoms with Gasteiger partial charge < -0.3 is 19.1 Å². The van der Waals surface area contributed by atoms with Crippen molar-refractivity contribution >= 4 is 39.4 Å². The van der Waals surface area contributed by atoms with Crippen LogP contribution >= 0.6 is 28.3 Å². The van der Waals surface area contributed by atoms with E-state index < -0.39 is 6.10 Å². The lowest BCUT2D eigenvalue weighted by atomic mass is 10.2. The zero-order valence-electron chi connectivity index (χ0n) is 14.8. The number of imidazole rings is 1. The number of hydrogen-bond acceptors (Lipinski definition) is 4. The third kappa shape index (κ3) is 4.46. The quantitative estimate of drug-likeness (QED) is 0.596. The van der Waals surface area contributed by atoms with Gasteiger partial charge in [0.15, 0.2) is 0 Å². The van der Waals surface area contributed by atoms with Crippen molar-refractivity contribution in [2.24, 2.45) is 0 Å². The highest BCUT2D eigenvalue weighted by molar-refractivity contribution is 9.10. The molecule has 3 aromatic rings. The Labute approximate surface area is 172 Å². The van der Waals surface area contributed by atoms with Gasteiger partial charge in [0, 0.05) is 6.61 Å². The van der Waals surface area contributed by atoms with Crippen LogP contribution in [-0.4, -0.2) is 34.0 Å². The molecule has 27 heavy (non-hydrogen) atoms. The second-order valence-corrected chi connectivity index (χ2v) is 7.32. The van der Waals surface area contributed by atoms with Crippen LogP contribution in [0.4, 0.5) is 0 Å². The molecule has 1 aliphatic rings. The van der Waals surface area contributed by atoms with Crippen LogP contribution in [0, 0.1) is 0 Å². The fourth-order valence-electron chi connectivity index (χ4n) is 3.32. The Bertz CT molecular complexity index is 896. The zero-order valence-corrected chi connectivity index (χ0v) is 17.2. The number of aliphatic hydroxyl groups excluding tert-OH is 1. The van der Waals surface area contributed by atoms with Crippen LogP contribution in [0.25, 0.3) is 11.0 Å². The predicted octanol–water partition coefficient (Wildman–Crippen LogP) is 4.51. The summed E-state index contributed by atoms with van der Waals surface area (Å²) in [6, 6.07) is 15.6.